The third-order valence-electron chi connectivity index (χ3n) is 3.46. The molecule has 1 atom stereocenters. The first-order valence-corrected chi connectivity index (χ1v) is 7.76. The summed E-state index contributed by atoms with van der Waals surface area (Å²) < 4.78 is 53.6. The van der Waals surface area contributed by atoms with E-state index in [0.717, 1.165) is 12.1 Å². The molecule has 0 spiro atoms. The number of carbonyl (C=O) groups excluding carboxylic acids is 1. The largest absolute Gasteiger partial charge is 0.465 e. The zero-order valence-electron chi connectivity index (χ0n) is 13.9. The van der Waals surface area contributed by atoms with Gasteiger partial charge in [-0.3, -0.25) is 0 Å². The Morgan fingerprint density at radius 2 is 2.07 bits per heavy atom. The molecule has 3 aromatic rings. The van der Waals surface area contributed by atoms with Crippen molar-refractivity contribution in [2.75, 3.05) is 0 Å². The Morgan fingerprint density at radius 3 is 2.78 bits per heavy atom. The lowest BCUT2D eigenvalue weighted by Crippen LogP contribution is -2.06. The molecule has 0 bridgehead atoms. The number of alkyl halides is 3. The molecule has 9 heteroatoms. The van der Waals surface area contributed by atoms with Crippen LogP contribution in [0.15, 0.2) is 57.7 Å². The van der Waals surface area contributed by atoms with Gasteiger partial charge in [-0.25, -0.2) is 4.79 Å². The van der Waals surface area contributed by atoms with Crippen molar-refractivity contribution in [2.45, 2.75) is 19.2 Å². The molecule has 27 heavy (non-hydrogen) atoms. The van der Waals surface area contributed by atoms with Gasteiger partial charge in [0.2, 0.25) is 5.82 Å². The van der Waals surface area contributed by atoms with E-state index in [0.29, 0.717) is 5.76 Å². The molecule has 0 aliphatic rings. The van der Waals surface area contributed by atoms with Crippen LogP contribution < -0.4 is 0 Å². The highest BCUT2D eigenvalue weighted by Gasteiger charge is 2.31. The predicted molar refractivity (Wildman–Crippen MR) is 87.0 cm³/mol. The molecular formula is C18H13F3N2O4. The van der Waals surface area contributed by atoms with Crippen LogP contribution in [0.2, 0.25) is 0 Å². The van der Waals surface area contributed by atoms with Crippen molar-refractivity contribution in [3.63, 3.8) is 0 Å². The Labute approximate surface area is 151 Å². The first-order valence-electron chi connectivity index (χ1n) is 7.76. The fourth-order valence-electron chi connectivity index (χ4n) is 2.15. The normalized spacial score (nSPS) is 13.0. The molecule has 0 saturated heterocycles. The van der Waals surface area contributed by atoms with Gasteiger partial charge >= 0.3 is 12.1 Å². The SMILES string of the molecule is CC(OC(=O)/C=C/c1ccco1)c1nc(-c2cccc(C(F)(F)F)c2)no1. The lowest BCUT2D eigenvalue weighted by molar-refractivity contribution is -0.143. The number of esters is 1. The average Bonchev–Trinajstić information content (AvgIpc) is 3.31. The molecule has 1 unspecified atom stereocenters. The van der Waals surface area contributed by atoms with Crippen molar-refractivity contribution in [3.05, 3.63) is 66.0 Å². The smallest absolute Gasteiger partial charge is 0.416 e. The topological polar surface area (TPSA) is 78.4 Å². The number of ether oxygens (including phenoxy) is 1. The van der Waals surface area contributed by atoms with Crippen LogP contribution in [0.5, 0.6) is 0 Å². The van der Waals surface area contributed by atoms with Crippen LogP contribution in [0.4, 0.5) is 13.2 Å². The Balaban J connectivity index is 1.69. The van der Waals surface area contributed by atoms with E-state index in [1.165, 1.54) is 37.5 Å². The van der Waals surface area contributed by atoms with E-state index in [2.05, 4.69) is 10.1 Å². The van der Waals surface area contributed by atoms with Crippen LogP contribution in [0, 0.1) is 0 Å². The number of nitrogens with zero attached hydrogens (tertiary/aromatic N) is 2. The van der Waals surface area contributed by atoms with Crippen LogP contribution >= 0.6 is 0 Å². The van der Waals surface area contributed by atoms with Crippen LogP contribution in [-0.4, -0.2) is 16.1 Å². The standard InChI is InChI=1S/C18H13F3N2O4/c1-11(26-15(24)8-7-14-6-3-9-25-14)17-22-16(23-27-17)12-4-2-5-13(10-12)18(19,20)21/h2-11H,1H3/b8-7+. The third-order valence-corrected chi connectivity index (χ3v) is 3.46. The maximum atomic E-state index is 12.8. The molecule has 3 rings (SSSR count). The van der Waals surface area contributed by atoms with Gasteiger partial charge in [-0.05, 0) is 37.3 Å². The van der Waals surface area contributed by atoms with E-state index in [1.807, 2.05) is 0 Å². The summed E-state index contributed by atoms with van der Waals surface area (Å²) in [5, 5.41) is 3.65. The van der Waals surface area contributed by atoms with Gasteiger partial charge in [-0.15, -0.1) is 0 Å². The van der Waals surface area contributed by atoms with Gasteiger partial charge in [0, 0.05) is 11.6 Å². The molecule has 0 aliphatic heterocycles. The fraction of sp³-hybridized carbons (Fsp3) is 0.167. The first kappa shape index (κ1) is 18.4. The minimum Gasteiger partial charge on any atom is -0.465 e. The number of benzene rings is 1. The summed E-state index contributed by atoms with van der Waals surface area (Å²) in [4.78, 5) is 15.8. The number of hydrogen-bond acceptors (Lipinski definition) is 6. The highest BCUT2D eigenvalue weighted by atomic mass is 19.4. The number of hydrogen-bond donors (Lipinski definition) is 0. The summed E-state index contributed by atoms with van der Waals surface area (Å²) in [7, 11) is 0. The van der Waals surface area contributed by atoms with Crippen LogP contribution in [0.3, 0.4) is 0 Å². The molecule has 0 aliphatic carbocycles. The average molecular weight is 378 g/mol. The van der Waals surface area contributed by atoms with Crippen molar-refractivity contribution in [1.29, 1.82) is 0 Å². The van der Waals surface area contributed by atoms with E-state index in [1.54, 1.807) is 12.1 Å². The fourth-order valence-corrected chi connectivity index (χ4v) is 2.15. The first-order chi connectivity index (χ1) is 12.8. The van der Waals surface area contributed by atoms with Crippen molar-refractivity contribution < 1.29 is 31.6 Å². The minimum absolute atomic E-state index is 0.0369. The van der Waals surface area contributed by atoms with E-state index in [-0.39, 0.29) is 17.3 Å². The molecule has 0 N–H and O–H groups in total. The molecule has 0 amide bonds. The number of halogens is 3. The lowest BCUT2D eigenvalue weighted by Gasteiger charge is -2.07. The summed E-state index contributed by atoms with van der Waals surface area (Å²) in [6.07, 6.45) is -1.31. The van der Waals surface area contributed by atoms with Crippen molar-refractivity contribution in [1.82, 2.24) is 10.1 Å². The molecule has 1 aromatic carbocycles. The summed E-state index contributed by atoms with van der Waals surface area (Å²) >= 11 is 0. The zero-order chi connectivity index (χ0) is 19.4. The van der Waals surface area contributed by atoms with Gasteiger partial charge in [0.1, 0.15) is 5.76 Å². The molecule has 0 saturated carbocycles. The van der Waals surface area contributed by atoms with Gasteiger partial charge < -0.3 is 13.7 Å². The second-order valence-electron chi connectivity index (χ2n) is 5.46. The summed E-state index contributed by atoms with van der Waals surface area (Å²) in [6.45, 7) is 1.50. The van der Waals surface area contributed by atoms with Gasteiger partial charge in [-0.2, -0.15) is 18.2 Å². The summed E-state index contributed by atoms with van der Waals surface area (Å²) in [6, 6.07) is 7.86. The predicted octanol–water partition coefficient (Wildman–Crippen LogP) is 4.67. The maximum Gasteiger partial charge on any atom is 0.416 e. The van der Waals surface area contributed by atoms with Crippen LogP contribution in [0.1, 0.15) is 30.2 Å². The van der Waals surface area contributed by atoms with E-state index in [4.69, 9.17) is 13.7 Å². The molecule has 6 nitrogen and oxygen atoms in total. The number of aromatic nitrogens is 2. The van der Waals surface area contributed by atoms with Gasteiger partial charge in [0.15, 0.2) is 6.10 Å². The Kier molecular flexibility index (Phi) is 5.11. The van der Waals surface area contributed by atoms with Crippen molar-refractivity contribution in [2.24, 2.45) is 0 Å². The quantitative estimate of drug-likeness (QED) is 0.474. The maximum absolute atomic E-state index is 12.8. The Hall–Kier alpha value is -3.36. The Morgan fingerprint density at radius 1 is 1.26 bits per heavy atom. The van der Waals surface area contributed by atoms with Gasteiger partial charge in [-0.1, -0.05) is 17.3 Å². The Bertz CT molecular complexity index is 946. The monoisotopic (exact) mass is 378 g/mol. The molecular weight excluding hydrogens is 365 g/mol. The van der Waals surface area contributed by atoms with Crippen molar-refractivity contribution in [3.8, 4) is 11.4 Å². The summed E-state index contributed by atoms with van der Waals surface area (Å²) in [5.74, 6) is -0.269. The van der Waals surface area contributed by atoms with E-state index >= 15 is 0 Å². The second-order valence-corrected chi connectivity index (χ2v) is 5.46. The van der Waals surface area contributed by atoms with Crippen molar-refractivity contribution >= 4 is 12.0 Å². The number of rotatable bonds is 5. The number of furan rings is 1. The van der Waals surface area contributed by atoms with Gasteiger partial charge in [0.25, 0.3) is 5.89 Å². The number of carbonyl (C=O) groups is 1. The minimum atomic E-state index is -4.48. The highest BCUT2D eigenvalue weighted by molar-refractivity contribution is 5.86. The second kappa shape index (κ2) is 7.48. The van der Waals surface area contributed by atoms with Crippen LogP contribution in [-0.2, 0) is 15.7 Å². The zero-order valence-corrected chi connectivity index (χ0v) is 13.9. The molecule has 2 heterocycles. The van der Waals surface area contributed by atoms with Gasteiger partial charge in [0.05, 0.1) is 11.8 Å². The van der Waals surface area contributed by atoms with Crippen LogP contribution in [0.25, 0.3) is 17.5 Å². The molecule has 0 fully saturated rings. The lowest BCUT2D eigenvalue weighted by atomic mass is 10.1. The van der Waals surface area contributed by atoms with E-state index < -0.39 is 23.8 Å². The third kappa shape index (κ3) is 4.63. The molecule has 140 valence electrons. The summed E-state index contributed by atoms with van der Waals surface area (Å²) in [5.41, 5.74) is -0.690. The molecule has 0 radical (unpaired) electrons. The highest BCUT2D eigenvalue weighted by Crippen LogP contribution is 2.31. The van der Waals surface area contributed by atoms with E-state index in [9.17, 15) is 18.0 Å². The molecule has 2 aromatic heterocycles.